The number of ether oxygens (including phenoxy) is 8. The van der Waals surface area contributed by atoms with Gasteiger partial charge < -0.3 is 54.7 Å². The summed E-state index contributed by atoms with van der Waals surface area (Å²) in [6, 6.07) is 0. The first-order chi connectivity index (χ1) is 17.2. The van der Waals surface area contributed by atoms with Crippen LogP contribution in [0.25, 0.3) is 0 Å². The van der Waals surface area contributed by atoms with Crippen molar-refractivity contribution >= 4 is 11.8 Å². The zero-order valence-electron chi connectivity index (χ0n) is 20.9. The summed E-state index contributed by atoms with van der Waals surface area (Å²) in [5.41, 5.74) is 10.3. The molecule has 0 saturated heterocycles. The monoisotopic (exact) mass is 511 g/mol. The van der Waals surface area contributed by atoms with E-state index in [4.69, 9.17) is 49.4 Å². The van der Waals surface area contributed by atoms with Gasteiger partial charge in [0.2, 0.25) is 11.8 Å². The highest BCUT2D eigenvalue weighted by Crippen LogP contribution is 1.86. The predicted molar refractivity (Wildman–Crippen MR) is 127 cm³/mol. The van der Waals surface area contributed by atoms with Crippen LogP contribution in [0.2, 0.25) is 0 Å². The molecule has 0 radical (unpaired) electrons. The van der Waals surface area contributed by atoms with E-state index >= 15 is 0 Å². The number of hydrogen-bond acceptors (Lipinski definition) is 11. The average molecular weight is 512 g/mol. The van der Waals surface area contributed by atoms with Crippen molar-refractivity contribution in [3.63, 3.8) is 0 Å². The van der Waals surface area contributed by atoms with Gasteiger partial charge in [0.1, 0.15) is 0 Å². The van der Waals surface area contributed by atoms with E-state index in [2.05, 4.69) is 5.32 Å². The number of carbonyl (C=O) groups is 2. The summed E-state index contributed by atoms with van der Waals surface area (Å²) in [5.74, 6) is -0.442. The molecule has 0 aliphatic carbocycles. The summed E-state index contributed by atoms with van der Waals surface area (Å²) in [4.78, 5) is 21.7. The van der Waals surface area contributed by atoms with Crippen LogP contribution in [0, 0.1) is 0 Å². The normalized spacial score (nSPS) is 11.1. The van der Waals surface area contributed by atoms with Crippen molar-refractivity contribution in [3.05, 3.63) is 0 Å². The highest BCUT2D eigenvalue weighted by molar-refractivity contribution is 5.76. The molecule has 0 aliphatic rings. The molecule has 0 bridgehead atoms. The van der Waals surface area contributed by atoms with Gasteiger partial charge in [-0.15, -0.1) is 0 Å². The minimum atomic E-state index is -0.376. The molecule has 0 saturated carbocycles. The van der Waals surface area contributed by atoms with E-state index < -0.39 is 0 Å². The number of nitrogens with one attached hydrogen (secondary N) is 1. The maximum absolute atomic E-state index is 11.2. The number of hydrogen-bond donors (Lipinski definition) is 3. The van der Waals surface area contributed by atoms with E-state index in [9.17, 15) is 9.59 Å². The number of amides is 2. The first-order valence-electron chi connectivity index (χ1n) is 12.0. The maximum Gasteiger partial charge on any atom is 0.221 e. The lowest BCUT2D eigenvalue weighted by molar-refractivity contribution is -0.121. The fourth-order valence-electron chi connectivity index (χ4n) is 2.30. The van der Waals surface area contributed by atoms with E-state index in [0.29, 0.717) is 125 Å². The van der Waals surface area contributed by atoms with Crippen LogP contribution in [0.5, 0.6) is 0 Å². The van der Waals surface area contributed by atoms with Crippen molar-refractivity contribution in [1.82, 2.24) is 5.32 Å². The standard InChI is InChI=1S/C22H45N3O10/c23-3-1-22(27)25-4-6-29-8-10-31-12-14-33-16-18-35-20-19-34-17-15-32-13-11-30-9-7-28-5-2-21(24)26/h1-20,23H2,(H2,24,26)(H,25,27). The van der Waals surface area contributed by atoms with E-state index in [1.807, 2.05) is 0 Å². The van der Waals surface area contributed by atoms with Gasteiger partial charge in [0.05, 0.1) is 106 Å². The van der Waals surface area contributed by atoms with Crippen LogP contribution in [-0.4, -0.2) is 131 Å². The number of primary amides is 1. The molecule has 2 amide bonds. The van der Waals surface area contributed by atoms with Crippen molar-refractivity contribution in [2.45, 2.75) is 12.8 Å². The number of carbonyl (C=O) groups excluding carboxylic acids is 2. The Bertz CT molecular complexity index is 475. The minimum absolute atomic E-state index is 0.0658. The molecule has 0 rings (SSSR count). The molecule has 13 heteroatoms. The largest absolute Gasteiger partial charge is 0.379 e. The molecule has 0 aliphatic heterocycles. The summed E-state index contributed by atoms with van der Waals surface area (Å²) in [6.07, 6.45) is 0.549. The van der Waals surface area contributed by atoms with Gasteiger partial charge in [-0.25, -0.2) is 0 Å². The highest BCUT2D eigenvalue weighted by atomic mass is 16.6. The van der Waals surface area contributed by atoms with E-state index in [0.717, 1.165) is 0 Å². The smallest absolute Gasteiger partial charge is 0.221 e. The Kier molecular flexibility index (Phi) is 27.6. The second-order valence-electron chi connectivity index (χ2n) is 7.00. The first kappa shape index (κ1) is 33.6. The van der Waals surface area contributed by atoms with Gasteiger partial charge in [-0.1, -0.05) is 0 Å². The van der Waals surface area contributed by atoms with Gasteiger partial charge in [0, 0.05) is 25.9 Å². The highest BCUT2D eigenvalue weighted by Gasteiger charge is 1.98. The minimum Gasteiger partial charge on any atom is -0.379 e. The lowest BCUT2D eigenvalue weighted by atomic mass is 10.4. The van der Waals surface area contributed by atoms with Crippen molar-refractivity contribution in [2.24, 2.45) is 11.5 Å². The summed E-state index contributed by atoms with van der Waals surface area (Å²) in [5, 5.41) is 2.71. The van der Waals surface area contributed by atoms with E-state index in [1.165, 1.54) is 0 Å². The Morgan fingerprint density at radius 1 is 0.486 bits per heavy atom. The zero-order valence-corrected chi connectivity index (χ0v) is 20.9. The lowest BCUT2D eigenvalue weighted by Crippen LogP contribution is -2.29. The Hall–Kier alpha value is -1.42. The second kappa shape index (κ2) is 28.8. The quantitative estimate of drug-likeness (QED) is 0.0994. The lowest BCUT2D eigenvalue weighted by Gasteiger charge is -2.09. The molecule has 35 heavy (non-hydrogen) atoms. The molecule has 0 aromatic rings. The molecule has 0 aromatic carbocycles. The fourth-order valence-corrected chi connectivity index (χ4v) is 2.30. The van der Waals surface area contributed by atoms with Crippen molar-refractivity contribution < 1.29 is 47.5 Å². The van der Waals surface area contributed by atoms with Crippen molar-refractivity contribution in [2.75, 3.05) is 119 Å². The Balaban J connectivity index is 3.05. The van der Waals surface area contributed by atoms with Crippen molar-refractivity contribution in [3.8, 4) is 0 Å². The van der Waals surface area contributed by atoms with Crippen molar-refractivity contribution in [1.29, 1.82) is 0 Å². The number of rotatable bonds is 29. The zero-order chi connectivity index (χ0) is 25.7. The summed E-state index contributed by atoms with van der Waals surface area (Å²) >= 11 is 0. The van der Waals surface area contributed by atoms with Crippen LogP contribution < -0.4 is 16.8 Å². The van der Waals surface area contributed by atoms with Gasteiger partial charge in [0.25, 0.3) is 0 Å². The van der Waals surface area contributed by atoms with Gasteiger partial charge in [0.15, 0.2) is 0 Å². The van der Waals surface area contributed by atoms with Crippen LogP contribution in [0.1, 0.15) is 12.8 Å². The van der Waals surface area contributed by atoms with Gasteiger partial charge >= 0.3 is 0 Å². The summed E-state index contributed by atoms with van der Waals surface area (Å²) < 4.78 is 42.8. The molecule has 0 atom stereocenters. The molecule has 0 fully saturated rings. The molecule has 0 heterocycles. The maximum atomic E-state index is 11.2. The Morgan fingerprint density at radius 3 is 1.11 bits per heavy atom. The van der Waals surface area contributed by atoms with Gasteiger partial charge in [-0.2, -0.15) is 0 Å². The van der Waals surface area contributed by atoms with Crippen LogP contribution in [0.4, 0.5) is 0 Å². The molecule has 0 unspecified atom stereocenters. The predicted octanol–water partition coefficient (Wildman–Crippen LogP) is -1.54. The molecule has 13 nitrogen and oxygen atoms in total. The summed E-state index contributed by atoms with van der Waals surface area (Å²) in [7, 11) is 0. The van der Waals surface area contributed by atoms with E-state index in [1.54, 1.807) is 0 Å². The van der Waals surface area contributed by atoms with Crippen LogP contribution >= 0.6 is 0 Å². The first-order valence-corrected chi connectivity index (χ1v) is 12.0. The Labute approximate surface area is 208 Å². The molecule has 208 valence electrons. The molecular formula is C22H45N3O10. The van der Waals surface area contributed by atoms with Crippen LogP contribution in [0.15, 0.2) is 0 Å². The van der Waals surface area contributed by atoms with Crippen LogP contribution in [0.3, 0.4) is 0 Å². The third kappa shape index (κ3) is 30.5. The van der Waals surface area contributed by atoms with Gasteiger partial charge in [-0.3, -0.25) is 9.59 Å². The van der Waals surface area contributed by atoms with Crippen LogP contribution in [-0.2, 0) is 47.5 Å². The SMILES string of the molecule is NCCC(=O)NCCOCCOCCOCCOCCOCCOCCOCCOCCC(N)=O. The molecular weight excluding hydrogens is 466 g/mol. The van der Waals surface area contributed by atoms with E-state index in [-0.39, 0.29) is 18.2 Å². The molecule has 5 N–H and O–H groups in total. The molecule has 0 aromatic heterocycles. The second-order valence-corrected chi connectivity index (χ2v) is 7.00. The Morgan fingerprint density at radius 2 is 0.800 bits per heavy atom. The average Bonchev–Trinajstić information content (AvgIpc) is 2.83. The molecule has 0 spiro atoms. The van der Waals surface area contributed by atoms with Gasteiger partial charge in [-0.05, 0) is 0 Å². The third-order valence-corrected chi connectivity index (χ3v) is 4.04. The fraction of sp³-hybridized carbons (Fsp3) is 0.909. The topological polar surface area (TPSA) is 172 Å². The number of nitrogens with two attached hydrogens (primary N) is 2. The summed E-state index contributed by atoms with van der Waals surface area (Å²) in [6.45, 7) is 8.21. The third-order valence-electron chi connectivity index (χ3n) is 4.04.